The summed E-state index contributed by atoms with van der Waals surface area (Å²) >= 11 is 6.54. The first kappa shape index (κ1) is 17.5. The lowest BCUT2D eigenvalue weighted by Gasteiger charge is -2.35. The number of benzene rings is 1. The van der Waals surface area contributed by atoms with Crippen LogP contribution in [-0.2, 0) is 0 Å². The van der Waals surface area contributed by atoms with Gasteiger partial charge < -0.3 is 9.80 Å². The van der Waals surface area contributed by atoms with Crippen LogP contribution in [0.15, 0.2) is 54.7 Å². The fourth-order valence-corrected chi connectivity index (χ4v) is 3.67. The molecular weight excluding hydrogens is 362 g/mol. The van der Waals surface area contributed by atoms with Gasteiger partial charge in [0.15, 0.2) is 0 Å². The summed E-state index contributed by atoms with van der Waals surface area (Å²) in [5.74, 6) is 0.871. The number of piperazine rings is 1. The summed E-state index contributed by atoms with van der Waals surface area (Å²) in [4.78, 5) is 21.5. The normalized spacial score (nSPS) is 14.4. The molecule has 2 aromatic heterocycles. The Balaban J connectivity index is 1.52. The van der Waals surface area contributed by atoms with Crippen LogP contribution in [0.2, 0.25) is 5.15 Å². The van der Waals surface area contributed by atoms with Crippen LogP contribution < -0.4 is 4.90 Å². The summed E-state index contributed by atoms with van der Waals surface area (Å²) in [5, 5.41) is 4.83. The Hall–Kier alpha value is -2.86. The molecule has 3 heterocycles. The van der Waals surface area contributed by atoms with Crippen LogP contribution in [0, 0.1) is 6.92 Å². The molecule has 0 unspecified atom stereocenters. The number of hydrogen-bond donors (Lipinski definition) is 0. The quantitative estimate of drug-likeness (QED) is 0.699. The molecule has 0 bridgehead atoms. The zero-order valence-electron chi connectivity index (χ0n) is 15.0. The maximum atomic E-state index is 13.1. The Morgan fingerprint density at radius 3 is 2.37 bits per heavy atom. The minimum absolute atomic E-state index is 0.0691. The van der Waals surface area contributed by atoms with Crippen LogP contribution >= 0.6 is 11.6 Å². The van der Waals surface area contributed by atoms with E-state index in [-0.39, 0.29) is 5.91 Å². The van der Waals surface area contributed by atoms with E-state index in [1.807, 2.05) is 60.4 Å². The molecule has 1 aliphatic heterocycles. The van der Waals surface area contributed by atoms with Crippen molar-refractivity contribution >= 4 is 23.3 Å². The van der Waals surface area contributed by atoms with Crippen molar-refractivity contribution in [1.29, 1.82) is 0 Å². The molecule has 1 aliphatic rings. The van der Waals surface area contributed by atoms with Gasteiger partial charge in [-0.1, -0.05) is 35.9 Å². The number of anilines is 1. The van der Waals surface area contributed by atoms with Gasteiger partial charge in [-0.3, -0.25) is 4.79 Å². The Kier molecular flexibility index (Phi) is 4.81. The van der Waals surface area contributed by atoms with Crippen molar-refractivity contribution in [3.8, 4) is 5.69 Å². The van der Waals surface area contributed by atoms with E-state index < -0.39 is 0 Å². The van der Waals surface area contributed by atoms with Gasteiger partial charge in [0.05, 0.1) is 16.9 Å². The maximum absolute atomic E-state index is 13.1. The van der Waals surface area contributed by atoms with E-state index in [2.05, 4.69) is 15.0 Å². The number of rotatable bonds is 3. The van der Waals surface area contributed by atoms with Crippen LogP contribution in [0.4, 0.5) is 5.82 Å². The highest BCUT2D eigenvalue weighted by Crippen LogP contribution is 2.25. The van der Waals surface area contributed by atoms with Gasteiger partial charge in [-0.2, -0.15) is 5.10 Å². The van der Waals surface area contributed by atoms with Crippen molar-refractivity contribution < 1.29 is 4.79 Å². The molecule has 27 heavy (non-hydrogen) atoms. The molecule has 0 N–H and O–H groups in total. The predicted octanol–water partition coefficient (Wildman–Crippen LogP) is 3.19. The lowest BCUT2D eigenvalue weighted by atomic mass is 10.2. The summed E-state index contributed by atoms with van der Waals surface area (Å²) in [6, 6.07) is 15.5. The van der Waals surface area contributed by atoms with Crippen molar-refractivity contribution in [2.45, 2.75) is 6.92 Å². The van der Waals surface area contributed by atoms with Crippen LogP contribution in [-0.4, -0.2) is 51.8 Å². The molecule has 0 saturated carbocycles. The molecule has 1 amide bonds. The van der Waals surface area contributed by atoms with Gasteiger partial charge in [-0.25, -0.2) is 9.67 Å². The maximum Gasteiger partial charge on any atom is 0.259 e. The van der Waals surface area contributed by atoms with E-state index in [1.54, 1.807) is 10.9 Å². The smallest absolute Gasteiger partial charge is 0.259 e. The van der Waals surface area contributed by atoms with Crippen LogP contribution in [0.25, 0.3) is 5.69 Å². The summed E-state index contributed by atoms with van der Waals surface area (Å²) < 4.78 is 1.62. The summed E-state index contributed by atoms with van der Waals surface area (Å²) in [7, 11) is 0. The van der Waals surface area contributed by atoms with E-state index in [1.165, 1.54) is 0 Å². The summed E-state index contributed by atoms with van der Waals surface area (Å²) in [5.41, 5.74) is 1.96. The van der Waals surface area contributed by atoms with Crippen molar-refractivity contribution in [1.82, 2.24) is 19.7 Å². The van der Waals surface area contributed by atoms with E-state index >= 15 is 0 Å². The third-order valence-corrected chi connectivity index (χ3v) is 5.11. The molecule has 1 fully saturated rings. The number of para-hydroxylation sites is 1. The third kappa shape index (κ3) is 3.40. The van der Waals surface area contributed by atoms with Crippen LogP contribution in [0.5, 0.6) is 0 Å². The second kappa shape index (κ2) is 7.40. The molecule has 4 rings (SSSR count). The first-order valence-electron chi connectivity index (χ1n) is 8.91. The lowest BCUT2D eigenvalue weighted by molar-refractivity contribution is 0.0746. The molecule has 3 aromatic rings. The molecular formula is C20H20ClN5O. The zero-order valence-corrected chi connectivity index (χ0v) is 15.8. The molecule has 0 aliphatic carbocycles. The first-order chi connectivity index (χ1) is 13.1. The number of amides is 1. The number of carbonyl (C=O) groups excluding carboxylic acids is 1. The van der Waals surface area contributed by atoms with E-state index in [0.717, 1.165) is 24.6 Å². The van der Waals surface area contributed by atoms with Gasteiger partial charge in [-0.05, 0) is 31.2 Å². The highest BCUT2D eigenvalue weighted by Gasteiger charge is 2.28. The highest BCUT2D eigenvalue weighted by molar-refractivity contribution is 6.33. The Morgan fingerprint density at radius 1 is 1.00 bits per heavy atom. The lowest BCUT2D eigenvalue weighted by Crippen LogP contribution is -2.49. The van der Waals surface area contributed by atoms with Crippen molar-refractivity contribution in [2.24, 2.45) is 0 Å². The summed E-state index contributed by atoms with van der Waals surface area (Å²) in [6.07, 6.45) is 1.79. The van der Waals surface area contributed by atoms with Gasteiger partial charge in [0.25, 0.3) is 5.91 Å². The van der Waals surface area contributed by atoms with Gasteiger partial charge in [0.2, 0.25) is 0 Å². The van der Waals surface area contributed by atoms with Crippen molar-refractivity contribution in [2.75, 3.05) is 31.1 Å². The van der Waals surface area contributed by atoms with Gasteiger partial charge in [-0.15, -0.1) is 0 Å². The van der Waals surface area contributed by atoms with Gasteiger partial charge in [0.1, 0.15) is 11.0 Å². The van der Waals surface area contributed by atoms with Gasteiger partial charge >= 0.3 is 0 Å². The molecule has 7 heteroatoms. The van der Waals surface area contributed by atoms with Crippen LogP contribution in [0.1, 0.15) is 16.1 Å². The van der Waals surface area contributed by atoms with Crippen molar-refractivity contribution in [3.05, 3.63) is 71.1 Å². The Labute approximate surface area is 163 Å². The van der Waals surface area contributed by atoms with Gasteiger partial charge in [0, 0.05) is 32.4 Å². The zero-order chi connectivity index (χ0) is 18.8. The largest absolute Gasteiger partial charge is 0.353 e. The molecule has 1 saturated heterocycles. The number of aromatic nitrogens is 3. The molecule has 6 nitrogen and oxygen atoms in total. The minimum atomic E-state index is -0.0691. The average molecular weight is 382 g/mol. The number of hydrogen-bond acceptors (Lipinski definition) is 4. The highest BCUT2D eigenvalue weighted by atomic mass is 35.5. The molecule has 0 radical (unpaired) electrons. The first-order valence-corrected chi connectivity index (χ1v) is 9.29. The third-order valence-electron chi connectivity index (χ3n) is 4.76. The number of aryl methyl sites for hydroxylation is 1. The Bertz CT molecular complexity index is 934. The fraction of sp³-hybridized carbons (Fsp3) is 0.250. The van der Waals surface area contributed by atoms with E-state index in [4.69, 9.17) is 11.6 Å². The second-order valence-corrected chi connectivity index (χ2v) is 6.82. The fourth-order valence-electron chi connectivity index (χ4n) is 3.32. The minimum Gasteiger partial charge on any atom is -0.353 e. The number of halogens is 1. The Morgan fingerprint density at radius 2 is 1.70 bits per heavy atom. The van der Waals surface area contributed by atoms with Crippen molar-refractivity contribution in [3.63, 3.8) is 0 Å². The summed E-state index contributed by atoms with van der Waals surface area (Å²) in [6.45, 7) is 4.56. The number of pyridine rings is 1. The molecule has 0 spiro atoms. The molecule has 1 aromatic carbocycles. The SMILES string of the molecule is Cc1nn(-c2ccccc2)c(Cl)c1C(=O)N1CCN(c2ccccn2)CC1. The molecule has 0 atom stereocenters. The number of carbonyl (C=O) groups is 1. The molecule has 138 valence electrons. The average Bonchev–Trinajstić information content (AvgIpc) is 3.03. The monoisotopic (exact) mass is 381 g/mol. The standard InChI is InChI=1S/C20H20ClN5O/c1-15-18(19(21)26(23-15)16-7-3-2-4-8-16)20(27)25-13-11-24(12-14-25)17-9-5-6-10-22-17/h2-10H,11-14H2,1H3. The second-order valence-electron chi connectivity index (χ2n) is 6.47. The van der Waals surface area contributed by atoms with E-state index in [9.17, 15) is 4.79 Å². The van der Waals surface area contributed by atoms with E-state index in [0.29, 0.717) is 29.5 Å². The number of nitrogens with zero attached hydrogens (tertiary/aromatic N) is 5. The topological polar surface area (TPSA) is 54.3 Å². The predicted molar refractivity (Wildman–Crippen MR) is 106 cm³/mol. The van der Waals surface area contributed by atoms with Crippen LogP contribution in [0.3, 0.4) is 0 Å².